The Hall–Kier alpha value is -0.910. The third-order valence-corrected chi connectivity index (χ3v) is 5.47. The Morgan fingerprint density at radius 3 is 2.35 bits per heavy atom. The lowest BCUT2D eigenvalue weighted by Gasteiger charge is -2.22. The van der Waals surface area contributed by atoms with E-state index < -0.39 is 0 Å². The summed E-state index contributed by atoms with van der Waals surface area (Å²) in [4.78, 5) is 12.5. The van der Waals surface area contributed by atoms with Crippen molar-refractivity contribution in [3.8, 4) is 0 Å². The number of hydrogen-bond acceptors (Lipinski definition) is 3. The van der Waals surface area contributed by atoms with Crippen LogP contribution < -0.4 is 16.2 Å². The van der Waals surface area contributed by atoms with Crippen LogP contribution in [0.2, 0.25) is 0 Å². The molecule has 5 heteroatoms. The second kappa shape index (κ2) is 8.27. The smallest absolute Gasteiger partial charge is 0.238 e. The number of carbonyl (C=O) groups excluding carboxylic acids is 1. The summed E-state index contributed by atoms with van der Waals surface area (Å²) < 4.78 is 1.07. The molecule has 1 aliphatic carbocycles. The van der Waals surface area contributed by atoms with Crippen LogP contribution in [0.3, 0.4) is 0 Å². The minimum Gasteiger partial charge on any atom is -0.352 e. The molecular weight excluding hydrogens is 354 g/mol. The van der Waals surface area contributed by atoms with E-state index in [1.54, 1.807) is 0 Å². The van der Waals surface area contributed by atoms with Gasteiger partial charge in [0.1, 0.15) is 6.04 Å². The van der Waals surface area contributed by atoms with Crippen LogP contribution >= 0.6 is 15.9 Å². The van der Waals surface area contributed by atoms with Crippen molar-refractivity contribution in [1.82, 2.24) is 16.2 Å². The summed E-state index contributed by atoms with van der Waals surface area (Å²) in [7, 11) is 0. The molecule has 1 aromatic rings. The minimum atomic E-state index is -0.144. The zero-order valence-electron chi connectivity index (χ0n) is 13.5. The van der Waals surface area contributed by atoms with E-state index in [9.17, 15) is 4.79 Å². The zero-order valence-corrected chi connectivity index (χ0v) is 15.1. The third kappa shape index (κ3) is 4.78. The lowest BCUT2D eigenvalue weighted by molar-refractivity contribution is -0.123. The van der Waals surface area contributed by atoms with Crippen molar-refractivity contribution >= 4 is 21.8 Å². The Kier molecular flexibility index (Phi) is 6.08. The van der Waals surface area contributed by atoms with Crippen LogP contribution in [0.15, 0.2) is 28.7 Å². The summed E-state index contributed by atoms with van der Waals surface area (Å²) in [6.45, 7) is 0. The Bertz CT molecular complexity index is 512. The topological polar surface area (TPSA) is 53.2 Å². The van der Waals surface area contributed by atoms with E-state index in [4.69, 9.17) is 0 Å². The van der Waals surface area contributed by atoms with E-state index in [0.29, 0.717) is 6.04 Å². The van der Waals surface area contributed by atoms with Crippen LogP contribution in [0, 0.1) is 0 Å². The van der Waals surface area contributed by atoms with E-state index in [-0.39, 0.29) is 18.0 Å². The molecule has 1 saturated heterocycles. The van der Waals surface area contributed by atoms with Gasteiger partial charge in [0, 0.05) is 16.6 Å². The number of halogens is 1. The van der Waals surface area contributed by atoms with Crippen LogP contribution in [-0.2, 0) is 4.79 Å². The average Bonchev–Trinajstić information content (AvgIpc) is 3.00. The Balaban J connectivity index is 1.51. The van der Waals surface area contributed by atoms with Gasteiger partial charge in [-0.2, -0.15) is 0 Å². The Morgan fingerprint density at radius 1 is 1.00 bits per heavy atom. The summed E-state index contributed by atoms with van der Waals surface area (Å²) >= 11 is 3.46. The molecule has 2 fully saturated rings. The maximum Gasteiger partial charge on any atom is 0.238 e. The molecule has 23 heavy (non-hydrogen) atoms. The number of nitrogens with one attached hydrogen (secondary N) is 3. The second-order valence-corrected chi connectivity index (χ2v) is 7.65. The molecule has 3 rings (SSSR count). The van der Waals surface area contributed by atoms with Gasteiger partial charge in [-0.25, -0.2) is 10.9 Å². The molecule has 3 N–H and O–H groups in total. The Labute approximate surface area is 146 Å². The molecule has 0 bridgehead atoms. The summed E-state index contributed by atoms with van der Waals surface area (Å²) in [6.07, 6.45) is 9.49. The quantitative estimate of drug-likeness (QED) is 0.751. The van der Waals surface area contributed by atoms with E-state index in [1.807, 2.05) is 12.1 Å². The summed E-state index contributed by atoms with van der Waals surface area (Å²) in [6, 6.07) is 8.68. The van der Waals surface area contributed by atoms with Crippen molar-refractivity contribution in [1.29, 1.82) is 0 Å². The van der Waals surface area contributed by atoms with E-state index in [1.165, 1.54) is 37.7 Å². The van der Waals surface area contributed by atoms with Crippen molar-refractivity contribution in [3.05, 3.63) is 34.3 Å². The van der Waals surface area contributed by atoms with Gasteiger partial charge < -0.3 is 5.32 Å². The zero-order chi connectivity index (χ0) is 16.1. The van der Waals surface area contributed by atoms with Crippen molar-refractivity contribution in [3.63, 3.8) is 0 Å². The highest BCUT2D eigenvalue weighted by atomic mass is 79.9. The highest BCUT2D eigenvalue weighted by Gasteiger charge is 2.31. The number of hydrogen-bond donors (Lipinski definition) is 3. The Morgan fingerprint density at radius 2 is 1.65 bits per heavy atom. The van der Waals surface area contributed by atoms with Crippen molar-refractivity contribution in [2.75, 3.05) is 0 Å². The van der Waals surface area contributed by atoms with Gasteiger partial charge >= 0.3 is 0 Å². The number of rotatable bonds is 3. The van der Waals surface area contributed by atoms with E-state index >= 15 is 0 Å². The standard InChI is InChI=1S/C18H26BrN3O/c19-14-10-8-13(9-11-14)16-12-17(22-21-16)18(23)20-15-6-4-2-1-3-5-7-15/h8-11,15-17,21-22H,1-7,12H2,(H,20,23). The molecule has 0 spiro atoms. The molecule has 126 valence electrons. The lowest BCUT2D eigenvalue weighted by Crippen LogP contribution is -2.47. The van der Waals surface area contributed by atoms with E-state index in [2.05, 4.69) is 44.2 Å². The molecule has 1 aliphatic heterocycles. The fourth-order valence-electron chi connectivity index (χ4n) is 3.54. The third-order valence-electron chi connectivity index (χ3n) is 4.94. The first kappa shape index (κ1) is 16.9. The van der Waals surface area contributed by atoms with Gasteiger partial charge in [0.25, 0.3) is 0 Å². The minimum absolute atomic E-state index is 0.141. The fourth-order valence-corrected chi connectivity index (χ4v) is 3.81. The number of benzene rings is 1. The van der Waals surface area contributed by atoms with Crippen LogP contribution in [0.5, 0.6) is 0 Å². The molecule has 2 aliphatic rings. The van der Waals surface area contributed by atoms with Crippen molar-refractivity contribution in [2.24, 2.45) is 0 Å². The van der Waals surface area contributed by atoms with Crippen LogP contribution in [0.4, 0.5) is 0 Å². The molecule has 1 aromatic carbocycles. The maximum atomic E-state index is 12.5. The number of carbonyl (C=O) groups is 1. The summed E-state index contributed by atoms with van der Waals surface area (Å²) in [5, 5.41) is 3.26. The van der Waals surface area contributed by atoms with Crippen molar-refractivity contribution < 1.29 is 4.79 Å². The molecule has 2 atom stereocenters. The highest BCUT2D eigenvalue weighted by molar-refractivity contribution is 9.10. The average molecular weight is 380 g/mol. The number of amides is 1. The molecule has 1 heterocycles. The van der Waals surface area contributed by atoms with Crippen molar-refractivity contribution in [2.45, 2.75) is 69.5 Å². The molecular formula is C18H26BrN3O. The highest BCUT2D eigenvalue weighted by Crippen LogP contribution is 2.24. The van der Waals surface area contributed by atoms with Gasteiger partial charge in [0.15, 0.2) is 0 Å². The van der Waals surface area contributed by atoms with Gasteiger partial charge in [-0.1, -0.05) is 60.2 Å². The maximum absolute atomic E-state index is 12.5. The molecule has 0 radical (unpaired) electrons. The predicted molar refractivity (Wildman–Crippen MR) is 95.8 cm³/mol. The fraction of sp³-hybridized carbons (Fsp3) is 0.611. The van der Waals surface area contributed by atoms with Gasteiger partial charge in [0.05, 0.1) is 0 Å². The van der Waals surface area contributed by atoms with Gasteiger partial charge in [0.2, 0.25) is 5.91 Å². The monoisotopic (exact) mass is 379 g/mol. The van der Waals surface area contributed by atoms with Gasteiger partial charge in [-0.15, -0.1) is 0 Å². The summed E-state index contributed by atoms with van der Waals surface area (Å²) in [5.41, 5.74) is 7.63. The van der Waals surface area contributed by atoms with Crippen LogP contribution in [-0.4, -0.2) is 18.0 Å². The van der Waals surface area contributed by atoms with Crippen LogP contribution in [0.25, 0.3) is 0 Å². The SMILES string of the molecule is O=C(NC1CCCCCCC1)C1CC(c2ccc(Br)cc2)NN1. The van der Waals surface area contributed by atoms with Gasteiger partial charge in [-0.05, 0) is 37.0 Å². The van der Waals surface area contributed by atoms with Gasteiger partial charge in [-0.3, -0.25) is 4.79 Å². The molecule has 1 amide bonds. The summed E-state index contributed by atoms with van der Waals surface area (Å²) in [5.74, 6) is 0.141. The first-order valence-corrected chi connectivity index (χ1v) is 9.58. The lowest BCUT2D eigenvalue weighted by atomic mass is 9.96. The predicted octanol–water partition coefficient (Wildman–Crippen LogP) is 3.59. The molecule has 1 saturated carbocycles. The van der Waals surface area contributed by atoms with E-state index in [0.717, 1.165) is 23.7 Å². The number of hydrazine groups is 1. The van der Waals surface area contributed by atoms with Crippen LogP contribution in [0.1, 0.15) is 63.0 Å². The molecule has 4 nitrogen and oxygen atoms in total. The largest absolute Gasteiger partial charge is 0.352 e. The second-order valence-electron chi connectivity index (χ2n) is 6.73. The first-order valence-electron chi connectivity index (χ1n) is 8.79. The molecule has 2 unspecified atom stereocenters. The molecule has 0 aromatic heterocycles. The first-order chi connectivity index (χ1) is 11.2. The normalized spacial score (nSPS) is 26.5.